The van der Waals surface area contributed by atoms with Gasteiger partial charge in [-0.15, -0.1) is 0 Å². The number of benzene rings is 4. The van der Waals surface area contributed by atoms with Gasteiger partial charge in [-0.05, 0) is 59.7 Å². The Labute approximate surface area is 219 Å². The summed E-state index contributed by atoms with van der Waals surface area (Å²) in [6.45, 7) is 0. The highest BCUT2D eigenvalue weighted by atomic mass is 15.0. The Balaban J connectivity index is 1.20. The summed E-state index contributed by atoms with van der Waals surface area (Å²) in [5.41, 5.74) is 9.37. The van der Waals surface area contributed by atoms with Gasteiger partial charge in [-0.3, -0.25) is 9.97 Å². The minimum absolute atomic E-state index is 1.14. The number of nitrogens with zero attached hydrogens (tertiary/aromatic N) is 4. The third-order valence-electron chi connectivity index (χ3n) is 7.53. The van der Waals surface area contributed by atoms with Crippen molar-refractivity contribution in [1.82, 2.24) is 19.1 Å². The molecule has 8 aromatic rings. The van der Waals surface area contributed by atoms with Crippen molar-refractivity contribution in [3.63, 3.8) is 0 Å². The molecule has 0 bridgehead atoms. The van der Waals surface area contributed by atoms with E-state index in [1.54, 1.807) is 0 Å². The topological polar surface area (TPSA) is 35.6 Å². The largest absolute Gasteiger partial charge is 0.309 e. The minimum atomic E-state index is 1.14. The van der Waals surface area contributed by atoms with Gasteiger partial charge in [0.1, 0.15) is 0 Å². The second kappa shape index (κ2) is 8.15. The van der Waals surface area contributed by atoms with Gasteiger partial charge in [0.2, 0.25) is 0 Å². The lowest BCUT2D eigenvalue weighted by Crippen LogP contribution is -1.94. The molecule has 8 rings (SSSR count). The van der Waals surface area contributed by atoms with Crippen LogP contribution in [0.1, 0.15) is 0 Å². The van der Waals surface area contributed by atoms with Crippen LogP contribution in [0.2, 0.25) is 0 Å². The molecule has 4 heteroatoms. The van der Waals surface area contributed by atoms with Crippen LogP contribution in [0.25, 0.3) is 66.1 Å². The van der Waals surface area contributed by atoms with Crippen LogP contribution in [0.3, 0.4) is 0 Å². The third-order valence-corrected chi connectivity index (χ3v) is 7.53. The zero-order valence-corrected chi connectivity index (χ0v) is 20.5. The van der Waals surface area contributed by atoms with E-state index in [1.165, 1.54) is 54.7 Å². The number of pyridine rings is 2. The number of aromatic nitrogens is 4. The monoisotopic (exact) mass is 486 g/mol. The summed E-state index contributed by atoms with van der Waals surface area (Å²) in [4.78, 5) is 8.73. The Morgan fingerprint density at radius 1 is 0.368 bits per heavy atom. The van der Waals surface area contributed by atoms with Crippen LogP contribution in [0.4, 0.5) is 0 Å². The maximum atomic E-state index is 4.36. The number of hydrogen-bond donors (Lipinski definition) is 0. The van der Waals surface area contributed by atoms with Crippen LogP contribution in [0.5, 0.6) is 0 Å². The van der Waals surface area contributed by atoms with Crippen LogP contribution in [0.15, 0.2) is 134 Å². The molecular weight excluding hydrogens is 464 g/mol. The molecule has 0 aliphatic rings. The van der Waals surface area contributed by atoms with E-state index in [0.717, 1.165) is 11.4 Å². The fourth-order valence-corrected chi connectivity index (χ4v) is 5.79. The van der Waals surface area contributed by atoms with E-state index in [4.69, 9.17) is 0 Å². The molecule has 0 saturated carbocycles. The van der Waals surface area contributed by atoms with E-state index in [0.29, 0.717) is 0 Å². The van der Waals surface area contributed by atoms with Crippen molar-refractivity contribution in [2.75, 3.05) is 0 Å². The van der Waals surface area contributed by atoms with Crippen LogP contribution in [-0.2, 0) is 0 Å². The quantitative estimate of drug-likeness (QED) is 0.252. The zero-order chi connectivity index (χ0) is 25.1. The molecule has 0 unspecified atom stereocenters. The highest BCUT2D eigenvalue weighted by molar-refractivity contribution is 6.09. The average Bonchev–Trinajstić information content (AvgIpc) is 3.51. The lowest BCUT2D eigenvalue weighted by atomic mass is 10.0. The predicted molar refractivity (Wildman–Crippen MR) is 156 cm³/mol. The number of fused-ring (bicyclic) bond motifs is 6. The summed E-state index contributed by atoms with van der Waals surface area (Å²) in [5, 5.41) is 4.78. The highest BCUT2D eigenvalue weighted by Gasteiger charge is 2.13. The molecule has 4 nitrogen and oxygen atoms in total. The Morgan fingerprint density at radius 3 is 1.21 bits per heavy atom. The number of hydrogen-bond acceptors (Lipinski definition) is 2. The first kappa shape index (κ1) is 20.9. The van der Waals surface area contributed by atoms with E-state index < -0.39 is 0 Å². The predicted octanol–water partition coefficient (Wildman–Crippen LogP) is 8.34. The summed E-state index contributed by atoms with van der Waals surface area (Å²) in [6, 6.07) is 38.9. The molecule has 38 heavy (non-hydrogen) atoms. The van der Waals surface area contributed by atoms with Crippen molar-refractivity contribution in [2.24, 2.45) is 0 Å². The first-order chi connectivity index (χ1) is 18.9. The third kappa shape index (κ3) is 3.04. The Kier molecular flexibility index (Phi) is 4.49. The second-order valence-electron chi connectivity index (χ2n) is 9.58. The summed E-state index contributed by atoms with van der Waals surface area (Å²) in [7, 11) is 0. The molecule has 0 N–H and O–H groups in total. The van der Waals surface area contributed by atoms with Gasteiger partial charge in [0.05, 0.1) is 22.1 Å². The Hall–Kier alpha value is -5.22. The first-order valence-corrected chi connectivity index (χ1v) is 12.7. The van der Waals surface area contributed by atoms with Crippen molar-refractivity contribution in [3.8, 4) is 22.5 Å². The molecule has 4 heterocycles. The molecule has 0 spiro atoms. The molecule has 0 aliphatic heterocycles. The molecule has 0 radical (unpaired) electrons. The number of para-hydroxylation sites is 2. The summed E-state index contributed by atoms with van der Waals surface area (Å²) >= 11 is 0. The van der Waals surface area contributed by atoms with Gasteiger partial charge in [0.25, 0.3) is 0 Å². The van der Waals surface area contributed by atoms with Gasteiger partial charge in [-0.2, -0.15) is 0 Å². The van der Waals surface area contributed by atoms with Crippen molar-refractivity contribution in [3.05, 3.63) is 134 Å². The SMILES string of the molecule is c1ccc2c(c1)c1cnccc1n2-c1ccc(-c2ccc(-n3c4ccccc4c4cnccc43)cc2)cc1. The van der Waals surface area contributed by atoms with Gasteiger partial charge >= 0.3 is 0 Å². The smallest absolute Gasteiger partial charge is 0.0571 e. The Morgan fingerprint density at radius 2 is 0.763 bits per heavy atom. The molecular formula is C34H22N4. The van der Waals surface area contributed by atoms with Gasteiger partial charge in [0.15, 0.2) is 0 Å². The first-order valence-electron chi connectivity index (χ1n) is 12.7. The normalized spacial score (nSPS) is 11.7. The van der Waals surface area contributed by atoms with Crippen molar-refractivity contribution in [1.29, 1.82) is 0 Å². The van der Waals surface area contributed by atoms with Crippen molar-refractivity contribution in [2.45, 2.75) is 0 Å². The molecule has 0 aliphatic carbocycles. The van der Waals surface area contributed by atoms with E-state index >= 15 is 0 Å². The van der Waals surface area contributed by atoms with E-state index in [-0.39, 0.29) is 0 Å². The molecule has 0 atom stereocenters. The lowest BCUT2D eigenvalue weighted by molar-refractivity contribution is 1.17. The molecule has 0 saturated heterocycles. The maximum Gasteiger partial charge on any atom is 0.0571 e. The van der Waals surface area contributed by atoms with Crippen molar-refractivity contribution >= 4 is 43.6 Å². The van der Waals surface area contributed by atoms with Crippen LogP contribution < -0.4 is 0 Å². The molecule has 0 fully saturated rings. The van der Waals surface area contributed by atoms with E-state index in [2.05, 4.69) is 128 Å². The molecule has 4 aromatic carbocycles. The standard InChI is InChI=1S/C34H22N4/c1-3-7-31-27(5-1)29-21-35-19-17-33(29)37(31)25-13-9-23(10-14-25)24-11-15-26(16-12-24)38-32-8-4-2-6-28(32)30-22-36-20-18-34(30)38/h1-22H. The van der Waals surface area contributed by atoms with Crippen LogP contribution in [-0.4, -0.2) is 19.1 Å². The summed E-state index contributed by atoms with van der Waals surface area (Å²) in [6.07, 6.45) is 7.64. The summed E-state index contributed by atoms with van der Waals surface area (Å²) < 4.78 is 4.63. The van der Waals surface area contributed by atoms with Crippen molar-refractivity contribution < 1.29 is 0 Å². The Bertz CT molecular complexity index is 1850. The number of rotatable bonds is 3. The second-order valence-corrected chi connectivity index (χ2v) is 9.58. The van der Waals surface area contributed by atoms with E-state index in [1.807, 2.05) is 24.8 Å². The average molecular weight is 487 g/mol. The minimum Gasteiger partial charge on any atom is -0.309 e. The summed E-state index contributed by atoms with van der Waals surface area (Å²) in [5.74, 6) is 0. The lowest BCUT2D eigenvalue weighted by Gasteiger charge is -2.11. The van der Waals surface area contributed by atoms with Crippen LogP contribution in [0, 0.1) is 0 Å². The fourth-order valence-electron chi connectivity index (χ4n) is 5.79. The fraction of sp³-hybridized carbons (Fsp3) is 0. The van der Waals surface area contributed by atoms with Crippen LogP contribution >= 0.6 is 0 Å². The highest BCUT2D eigenvalue weighted by Crippen LogP contribution is 2.34. The molecule has 4 aromatic heterocycles. The molecule has 178 valence electrons. The van der Waals surface area contributed by atoms with Gasteiger partial charge < -0.3 is 9.13 Å². The van der Waals surface area contributed by atoms with E-state index in [9.17, 15) is 0 Å². The van der Waals surface area contributed by atoms with Gasteiger partial charge in [-0.1, -0.05) is 60.7 Å². The zero-order valence-electron chi connectivity index (χ0n) is 20.5. The van der Waals surface area contributed by atoms with Gasteiger partial charge in [0, 0.05) is 57.7 Å². The van der Waals surface area contributed by atoms with Gasteiger partial charge in [-0.25, -0.2) is 0 Å². The molecule has 0 amide bonds. The maximum absolute atomic E-state index is 4.36.